The van der Waals surface area contributed by atoms with Crippen LogP contribution in [0.25, 0.3) is 5.69 Å². The molecule has 0 saturated carbocycles. The number of para-hydroxylation sites is 2. The van der Waals surface area contributed by atoms with Crippen LogP contribution in [-0.4, -0.2) is 40.8 Å². The van der Waals surface area contributed by atoms with Crippen molar-refractivity contribution in [2.24, 2.45) is 4.99 Å². The van der Waals surface area contributed by atoms with Crippen LogP contribution in [0.4, 0.5) is 11.5 Å². The van der Waals surface area contributed by atoms with Gasteiger partial charge in [0.15, 0.2) is 5.82 Å². The summed E-state index contributed by atoms with van der Waals surface area (Å²) >= 11 is 6.85. The second kappa shape index (κ2) is 7.74. The third-order valence-electron chi connectivity index (χ3n) is 7.53. The van der Waals surface area contributed by atoms with Crippen molar-refractivity contribution in [1.82, 2.24) is 14.5 Å². The lowest BCUT2D eigenvalue weighted by molar-refractivity contribution is 0.570. The number of aryl methyl sites for hydroxylation is 1. The van der Waals surface area contributed by atoms with E-state index in [0.717, 1.165) is 30.3 Å². The third-order valence-corrected chi connectivity index (χ3v) is 12.7. The molecule has 1 unspecified atom stereocenters. The van der Waals surface area contributed by atoms with Gasteiger partial charge in [-0.05, 0) is 43.5 Å². The van der Waals surface area contributed by atoms with E-state index in [-0.39, 0.29) is 5.41 Å². The lowest BCUT2D eigenvalue weighted by Crippen LogP contribution is -2.32. The molecule has 3 aliphatic heterocycles. The highest BCUT2D eigenvalue weighted by molar-refractivity contribution is 8.19. The molecule has 0 spiro atoms. The molecule has 5 nitrogen and oxygen atoms in total. The average molecular weight is 488 g/mol. The van der Waals surface area contributed by atoms with Crippen LogP contribution < -0.4 is 10.2 Å². The van der Waals surface area contributed by atoms with E-state index < -0.39 is 6.19 Å². The predicted molar refractivity (Wildman–Crippen MR) is 146 cm³/mol. The summed E-state index contributed by atoms with van der Waals surface area (Å²) in [6.07, 6.45) is 2.15. The van der Waals surface area contributed by atoms with Gasteiger partial charge in [-0.3, -0.25) is 4.67 Å². The van der Waals surface area contributed by atoms with Gasteiger partial charge in [0.25, 0.3) is 0 Å². The zero-order valence-electron chi connectivity index (χ0n) is 20.2. The van der Waals surface area contributed by atoms with E-state index in [1.807, 2.05) is 22.9 Å². The molecular weight excluding hydrogens is 457 g/mol. The highest BCUT2D eigenvalue weighted by Crippen LogP contribution is 2.65. The van der Waals surface area contributed by atoms with Crippen LogP contribution in [0.1, 0.15) is 37.9 Å². The van der Waals surface area contributed by atoms with Crippen molar-refractivity contribution in [3.63, 3.8) is 0 Å². The number of likely N-dealkylation sites (N-methyl/N-ethyl adjacent to an activating group) is 1. The average Bonchev–Trinajstić information content (AvgIpc) is 3.54. The van der Waals surface area contributed by atoms with Gasteiger partial charge in [0.2, 0.25) is 0 Å². The number of aliphatic imine (C=N–C) groups is 1. The minimum absolute atomic E-state index is 0.155. The van der Waals surface area contributed by atoms with Crippen LogP contribution >= 0.6 is 6.19 Å². The van der Waals surface area contributed by atoms with Gasteiger partial charge in [-0.25, -0.2) is 9.67 Å². The molecule has 4 heterocycles. The van der Waals surface area contributed by atoms with Crippen LogP contribution in [0, 0.1) is 6.92 Å². The van der Waals surface area contributed by atoms with E-state index in [1.165, 1.54) is 40.4 Å². The monoisotopic (exact) mass is 487 g/mol. The summed E-state index contributed by atoms with van der Waals surface area (Å²) in [5.74, 6) is 0.902. The first-order chi connectivity index (χ1) is 16.3. The Morgan fingerprint density at radius 2 is 1.65 bits per heavy atom. The summed E-state index contributed by atoms with van der Waals surface area (Å²) in [7, 11) is 2.18. The van der Waals surface area contributed by atoms with Crippen LogP contribution in [0.2, 0.25) is 0 Å². The zero-order chi connectivity index (χ0) is 23.7. The lowest BCUT2D eigenvalue weighted by atomic mass is 9.84. The molecular formula is C27H30N5PS. The number of aromatic nitrogens is 2. The van der Waals surface area contributed by atoms with E-state index >= 15 is 0 Å². The fourth-order valence-electron chi connectivity index (χ4n) is 5.98. The third kappa shape index (κ3) is 2.92. The predicted octanol–water partition coefficient (Wildman–Crippen LogP) is 5.65. The van der Waals surface area contributed by atoms with E-state index in [0.29, 0.717) is 0 Å². The summed E-state index contributed by atoms with van der Waals surface area (Å²) in [6.45, 7) is 8.83. The molecule has 0 radical (unpaired) electrons. The van der Waals surface area contributed by atoms with Gasteiger partial charge in [-0.1, -0.05) is 62.1 Å². The Balaban J connectivity index is 1.64. The summed E-state index contributed by atoms with van der Waals surface area (Å²) in [4.78, 5) is 7.43. The molecule has 0 aliphatic carbocycles. The number of nitrogens with zero attached hydrogens (tertiary/aromatic N) is 5. The molecule has 34 heavy (non-hydrogen) atoms. The van der Waals surface area contributed by atoms with E-state index in [2.05, 4.69) is 80.0 Å². The highest BCUT2D eigenvalue weighted by Gasteiger charge is 2.48. The number of hydrogen-bond acceptors (Lipinski definition) is 4. The van der Waals surface area contributed by atoms with Crippen molar-refractivity contribution < 1.29 is 0 Å². The Labute approximate surface area is 206 Å². The molecule has 1 aromatic heterocycles. The summed E-state index contributed by atoms with van der Waals surface area (Å²) in [5, 5.41) is 7.37. The minimum Gasteiger partial charge on any atom is -0.346 e. The topological polar surface area (TPSA) is 36.7 Å². The minimum atomic E-state index is -2.32. The Bertz CT molecular complexity index is 1400. The Kier molecular flexibility index (Phi) is 5.00. The second-order valence-electron chi connectivity index (χ2n) is 9.93. The number of hydrogen-bond donors (Lipinski definition) is 0. The standard InChI is InChI=1S/C27H30N5PS/c1-19-24-26(32(29-19)20-12-6-5-7-13-20)28-18-23(33(24,34)31-16-10-11-17-31)25-27(2,3)21-14-8-9-15-22(21)30(25)4/h5-9,12-15,18H,10-11,16-17H2,1-4H3. The fraction of sp³-hybridized carbons (Fsp3) is 0.333. The molecule has 1 fully saturated rings. The normalized spacial score (nSPS) is 25.6. The molecule has 3 aromatic rings. The first-order valence-corrected chi connectivity index (χ1v) is 14.7. The molecule has 0 amide bonds. The highest BCUT2D eigenvalue weighted by atomic mass is 32.4. The molecule has 0 N–H and O–H groups in total. The second-order valence-corrected chi connectivity index (χ2v) is 14.2. The largest absolute Gasteiger partial charge is 0.346 e. The van der Waals surface area contributed by atoms with Crippen LogP contribution in [0.15, 0.2) is 70.6 Å². The number of anilines is 1. The smallest absolute Gasteiger partial charge is 0.165 e. The van der Waals surface area contributed by atoms with Gasteiger partial charge in [-0.2, -0.15) is 5.10 Å². The van der Waals surface area contributed by atoms with Gasteiger partial charge < -0.3 is 4.90 Å². The van der Waals surface area contributed by atoms with Gasteiger partial charge in [0.05, 0.1) is 22.9 Å². The van der Waals surface area contributed by atoms with E-state index in [1.54, 1.807) is 0 Å². The summed E-state index contributed by atoms with van der Waals surface area (Å²) in [5.41, 5.74) is 5.75. The lowest BCUT2D eigenvalue weighted by Gasteiger charge is -2.39. The Morgan fingerprint density at radius 1 is 0.971 bits per heavy atom. The van der Waals surface area contributed by atoms with Crippen molar-refractivity contribution in [1.29, 1.82) is 0 Å². The van der Waals surface area contributed by atoms with E-state index in [9.17, 15) is 0 Å². The summed E-state index contributed by atoms with van der Waals surface area (Å²) in [6, 6.07) is 19.0. The number of benzene rings is 2. The first-order valence-electron chi connectivity index (χ1n) is 12.0. The molecule has 0 bridgehead atoms. The van der Waals surface area contributed by atoms with Crippen LogP contribution in [0.5, 0.6) is 0 Å². The molecule has 7 heteroatoms. The van der Waals surface area contributed by atoms with Crippen LogP contribution in [0.3, 0.4) is 0 Å². The fourth-order valence-corrected chi connectivity index (χ4v) is 11.0. The quantitative estimate of drug-likeness (QED) is 0.438. The molecule has 2 aromatic carbocycles. The van der Waals surface area contributed by atoms with Crippen molar-refractivity contribution in [2.45, 2.75) is 39.0 Å². The number of allylic oxidation sites excluding steroid dienone is 2. The van der Waals surface area contributed by atoms with Gasteiger partial charge >= 0.3 is 0 Å². The first kappa shape index (κ1) is 22.0. The molecule has 1 saturated heterocycles. The molecule has 6 rings (SSSR count). The van der Waals surface area contributed by atoms with Crippen LogP contribution in [-0.2, 0) is 17.2 Å². The Hall–Kier alpha value is -2.53. The SMILES string of the molecule is Cc1nn(-c2ccccc2)c2c1P(=S)(N1CCCC1)C(=C1N(C)c3ccccc3C1(C)C)C=N2. The maximum Gasteiger partial charge on any atom is 0.165 e. The Morgan fingerprint density at radius 3 is 2.35 bits per heavy atom. The van der Waals surface area contributed by atoms with Crippen molar-refractivity contribution in [3.8, 4) is 5.69 Å². The zero-order valence-corrected chi connectivity index (χ0v) is 21.9. The van der Waals surface area contributed by atoms with Crippen molar-refractivity contribution >= 4 is 41.0 Å². The van der Waals surface area contributed by atoms with Gasteiger partial charge in [0, 0.05) is 48.5 Å². The summed E-state index contributed by atoms with van der Waals surface area (Å²) < 4.78 is 4.57. The maximum atomic E-state index is 6.85. The number of fused-ring (bicyclic) bond motifs is 2. The maximum absolute atomic E-state index is 6.85. The molecule has 3 aliphatic rings. The van der Waals surface area contributed by atoms with Gasteiger partial charge in [0.1, 0.15) is 0 Å². The van der Waals surface area contributed by atoms with Crippen molar-refractivity contribution in [3.05, 3.63) is 76.9 Å². The molecule has 174 valence electrons. The van der Waals surface area contributed by atoms with Crippen molar-refractivity contribution in [2.75, 3.05) is 25.0 Å². The van der Waals surface area contributed by atoms with E-state index in [4.69, 9.17) is 21.9 Å². The number of rotatable bonds is 2. The van der Waals surface area contributed by atoms with Gasteiger partial charge in [-0.15, -0.1) is 0 Å². The molecule has 1 atom stereocenters.